The highest BCUT2D eigenvalue weighted by molar-refractivity contribution is 7.92. The molecule has 6 nitrogen and oxygen atoms in total. The van der Waals surface area contributed by atoms with Crippen molar-refractivity contribution < 1.29 is 17.9 Å². The van der Waals surface area contributed by atoms with E-state index in [4.69, 9.17) is 4.74 Å². The second-order valence-corrected chi connectivity index (χ2v) is 8.97. The molecular formula is C21H28N2O4S. The van der Waals surface area contributed by atoms with Crippen molar-refractivity contribution >= 4 is 21.6 Å². The molecule has 2 aromatic carbocycles. The smallest absolute Gasteiger partial charge is 0.251 e. The summed E-state index contributed by atoms with van der Waals surface area (Å²) in [6.45, 7) is 6.44. The number of hydrogen-bond donors (Lipinski definition) is 1. The molecule has 2 rings (SSSR count). The first kappa shape index (κ1) is 21.9. The molecule has 0 aliphatic rings. The molecule has 0 heterocycles. The second kappa shape index (κ2) is 9.21. The maximum absolute atomic E-state index is 12.3. The van der Waals surface area contributed by atoms with Crippen LogP contribution in [0.1, 0.15) is 34.0 Å². The maximum Gasteiger partial charge on any atom is 0.251 e. The Morgan fingerprint density at radius 1 is 1.11 bits per heavy atom. The number of aryl methyl sites for hydroxylation is 2. The highest BCUT2D eigenvalue weighted by Gasteiger charge is 2.19. The summed E-state index contributed by atoms with van der Waals surface area (Å²) in [6.07, 6.45) is 1.20. The third-order valence-electron chi connectivity index (χ3n) is 4.52. The molecule has 0 bridgehead atoms. The highest BCUT2D eigenvalue weighted by Crippen LogP contribution is 2.23. The standard InChI is InChI=1S/C21H28N2O4S/c1-15-6-11-20(12-16(15)2)23(28(5,25)26)13-18-7-9-19(10-8-18)21(24)22-17(3)14-27-4/h6-12,17H,13-14H2,1-5H3,(H,22,24)/t17-/m0/s1. The monoisotopic (exact) mass is 404 g/mol. The van der Waals surface area contributed by atoms with Gasteiger partial charge in [-0.3, -0.25) is 9.10 Å². The molecule has 0 spiro atoms. The van der Waals surface area contributed by atoms with Crippen LogP contribution in [0.4, 0.5) is 5.69 Å². The predicted molar refractivity (Wildman–Crippen MR) is 112 cm³/mol. The Morgan fingerprint density at radius 2 is 1.75 bits per heavy atom. The summed E-state index contributed by atoms with van der Waals surface area (Å²) >= 11 is 0. The lowest BCUT2D eigenvalue weighted by molar-refractivity contribution is 0.0905. The molecule has 1 atom stereocenters. The Kier molecular flexibility index (Phi) is 7.21. The SMILES string of the molecule is COC[C@H](C)NC(=O)c1ccc(CN(c2ccc(C)c(C)c2)S(C)(=O)=O)cc1. The summed E-state index contributed by atoms with van der Waals surface area (Å²) < 4.78 is 31.1. The molecule has 0 saturated carbocycles. The van der Waals surface area contributed by atoms with Crippen LogP contribution in [0.5, 0.6) is 0 Å². The van der Waals surface area contributed by atoms with Crippen molar-refractivity contribution in [3.8, 4) is 0 Å². The van der Waals surface area contributed by atoms with Gasteiger partial charge in [0.1, 0.15) is 0 Å². The summed E-state index contributed by atoms with van der Waals surface area (Å²) in [5, 5.41) is 2.85. The molecule has 0 fully saturated rings. The second-order valence-electron chi connectivity index (χ2n) is 7.06. The molecule has 0 saturated heterocycles. The van der Waals surface area contributed by atoms with Crippen LogP contribution in [-0.2, 0) is 21.3 Å². The van der Waals surface area contributed by atoms with Gasteiger partial charge < -0.3 is 10.1 Å². The van der Waals surface area contributed by atoms with Gasteiger partial charge in [-0.1, -0.05) is 18.2 Å². The van der Waals surface area contributed by atoms with Crippen molar-refractivity contribution in [2.45, 2.75) is 33.4 Å². The van der Waals surface area contributed by atoms with Gasteiger partial charge in [-0.05, 0) is 61.7 Å². The van der Waals surface area contributed by atoms with Crippen molar-refractivity contribution in [3.05, 3.63) is 64.7 Å². The number of rotatable bonds is 8. The van der Waals surface area contributed by atoms with E-state index in [1.165, 1.54) is 10.6 Å². The fourth-order valence-electron chi connectivity index (χ4n) is 2.81. The summed E-state index contributed by atoms with van der Waals surface area (Å²) in [4.78, 5) is 12.2. The number of methoxy groups -OCH3 is 1. The quantitative estimate of drug-likeness (QED) is 0.734. The number of nitrogens with one attached hydrogen (secondary N) is 1. The Balaban J connectivity index is 2.19. The Hall–Kier alpha value is -2.38. The normalized spacial score (nSPS) is 12.5. The van der Waals surface area contributed by atoms with Crippen molar-refractivity contribution in [1.82, 2.24) is 5.32 Å². The number of hydrogen-bond acceptors (Lipinski definition) is 4. The van der Waals surface area contributed by atoms with Gasteiger partial charge >= 0.3 is 0 Å². The van der Waals surface area contributed by atoms with Crippen LogP contribution in [-0.4, -0.2) is 40.3 Å². The zero-order chi connectivity index (χ0) is 20.9. The zero-order valence-electron chi connectivity index (χ0n) is 17.0. The van der Waals surface area contributed by atoms with Gasteiger partial charge in [0, 0.05) is 18.7 Å². The molecule has 0 aromatic heterocycles. The number of amides is 1. The van der Waals surface area contributed by atoms with Crippen molar-refractivity contribution in [2.75, 3.05) is 24.3 Å². The van der Waals surface area contributed by atoms with Gasteiger partial charge in [0.05, 0.1) is 25.1 Å². The first-order valence-electron chi connectivity index (χ1n) is 9.05. The molecular weight excluding hydrogens is 376 g/mol. The lowest BCUT2D eigenvalue weighted by Crippen LogP contribution is -2.35. The van der Waals surface area contributed by atoms with E-state index in [0.29, 0.717) is 17.9 Å². The van der Waals surface area contributed by atoms with Gasteiger partial charge in [0.15, 0.2) is 0 Å². The van der Waals surface area contributed by atoms with Crippen LogP contribution in [0.25, 0.3) is 0 Å². The van der Waals surface area contributed by atoms with Crippen LogP contribution < -0.4 is 9.62 Å². The summed E-state index contributed by atoms with van der Waals surface area (Å²) in [5.74, 6) is -0.190. The molecule has 0 radical (unpaired) electrons. The predicted octanol–water partition coefficient (Wildman–Crippen LogP) is 3.03. The number of nitrogens with zero attached hydrogens (tertiary/aromatic N) is 1. The molecule has 0 unspecified atom stereocenters. The van der Waals surface area contributed by atoms with E-state index in [2.05, 4.69) is 5.32 Å². The first-order chi connectivity index (χ1) is 13.1. The van der Waals surface area contributed by atoms with E-state index in [1.54, 1.807) is 31.4 Å². The number of benzene rings is 2. The van der Waals surface area contributed by atoms with Crippen LogP contribution in [0, 0.1) is 13.8 Å². The van der Waals surface area contributed by atoms with Crippen molar-refractivity contribution in [2.24, 2.45) is 0 Å². The van der Waals surface area contributed by atoms with Crippen molar-refractivity contribution in [3.63, 3.8) is 0 Å². The highest BCUT2D eigenvalue weighted by atomic mass is 32.2. The molecule has 0 aliphatic heterocycles. The minimum Gasteiger partial charge on any atom is -0.383 e. The fourth-order valence-corrected chi connectivity index (χ4v) is 3.69. The summed E-state index contributed by atoms with van der Waals surface area (Å²) in [5.41, 5.74) is 4.08. The average Bonchev–Trinajstić information content (AvgIpc) is 2.62. The lowest BCUT2D eigenvalue weighted by atomic mass is 10.1. The summed E-state index contributed by atoms with van der Waals surface area (Å²) in [6, 6.07) is 12.4. The first-order valence-corrected chi connectivity index (χ1v) is 10.9. The zero-order valence-corrected chi connectivity index (χ0v) is 17.8. The number of carbonyl (C=O) groups excluding carboxylic acids is 1. The topological polar surface area (TPSA) is 75.7 Å². The number of anilines is 1. The Labute approximate surface area is 167 Å². The van der Waals surface area contributed by atoms with E-state index < -0.39 is 10.0 Å². The van der Waals surface area contributed by atoms with Crippen molar-refractivity contribution in [1.29, 1.82) is 0 Å². The van der Waals surface area contributed by atoms with Crippen LogP contribution in [0.15, 0.2) is 42.5 Å². The van der Waals surface area contributed by atoms with E-state index in [-0.39, 0.29) is 18.5 Å². The lowest BCUT2D eigenvalue weighted by Gasteiger charge is -2.23. The Morgan fingerprint density at radius 3 is 2.29 bits per heavy atom. The number of carbonyl (C=O) groups is 1. The largest absolute Gasteiger partial charge is 0.383 e. The third-order valence-corrected chi connectivity index (χ3v) is 5.66. The van der Waals surface area contributed by atoms with Crippen LogP contribution in [0.2, 0.25) is 0 Å². The van der Waals surface area contributed by atoms with Gasteiger partial charge in [-0.15, -0.1) is 0 Å². The van der Waals surface area contributed by atoms with Crippen LogP contribution >= 0.6 is 0 Å². The van der Waals surface area contributed by atoms with E-state index in [1.807, 2.05) is 39.0 Å². The van der Waals surface area contributed by atoms with E-state index in [9.17, 15) is 13.2 Å². The number of ether oxygens (including phenoxy) is 1. The van der Waals surface area contributed by atoms with Gasteiger partial charge in [0.2, 0.25) is 10.0 Å². The molecule has 0 aliphatic carbocycles. The van der Waals surface area contributed by atoms with Gasteiger partial charge in [-0.2, -0.15) is 0 Å². The maximum atomic E-state index is 12.3. The molecule has 152 valence electrons. The van der Waals surface area contributed by atoms with Gasteiger partial charge in [-0.25, -0.2) is 8.42 Å². The Bertz CT molecular complexity index is 924. The fraction of sp³-hybridized carbons (Fsp3) is 0.381. The molecule has 1 amide bonds. The van der Waals surface area contributed by atoms with Gasteiger partial charge in [0.25, 0.3) is 5.91 Å². The minimum atomic E-state index is -3.45. The molecule has 28 heavy (non-hydrogen) atoms. The molecule has 7 heteroatoms. The molecule has 1 N–H and O–H groups in total. The van der Waals surface area contributed by atoms with E-state index in [0.717, 1.165) is 16.7 Å². The number of sulfonamides is 1. The minimum absolute atomic E-state index is 0.0947. The van der Waals surface area contributed by atoms with E-state index >= 15 is 0 Å². The summed E-state index contributed by atoms with van der Waals surface area (Å²) in [7, 11) is -1.87. The average molecular weight is 405 g/mol. The molecule has 2 aromatic rings. The van der Waals surface area contributed by atoms with Crippen LogP contribution in [0.3, 0.4) is 0 Å². The third kappa shape index (κ3) is 5.81.